The Morgan fingerprint density at radius 1 is 1.07 bits per heavy atom. The molecule has 0 aliphatic rings. The molecule has 0 aliphatic carbocycles. The molecule has 2 aromatic heterocycles. The second-order valence-corrected chi connectivity index (χ2v) is 6.55. The normalized spacial score (nSPS) is 12.0. The fourth-order valence-corrected chi connectivity index (χ4v) is 3.18. The lowest BCUT2D eigenvalue weighted by Crippen LogP contribution is -2.06. The number of hydrogen-bond acceptors (Lipinski definition) is 4. The van der Waals surface area contributed by atoms with Gasteiger partial charge in [0, 0.05) is 15.4 Å². The number of tetrazole rings is 1. The smallest absolute Gasteiger partial charge is 0.260 e. The molecule has 2 heterocycles. The maximum absolute atomic E-state index is 13.2. The van der Waals surface area contributed by atoms with Crippen molar-refractivity contribution in [2.45, 2.75) is 12.7 Å². The number of nitrogens with zero attached hydrogens (tertiary/aromatic N) is 5. The second-order valence-electron chi connectivity index (χ2n) is 5.71. The van der Waals surface area contributed by atoms with E-state index in [-0.39, 0.29) is 17.9 Å². The molecular formula is C16H9Cl2F3N6. The van der Waals surface area contributed by atoms with Crippen LogP contribution in [0.25, 0.3) is 22.4 Å². The van der Waals surface area contributed by atoms with Crippen LogP contribution in [0.1, 0.15) is 11.1 Å². The highest BCUT2D eigenvalue weighted by atomic mass is 35.5. The van der Waals surface area contributed by atoms with Gasteiger partial charge in [0.15, 0.2) is 0 Å². The number of alkyl halides is 3. The van der Waals surface area contributed by atoms with Crippen molar-refractivity contribution in [3.05, 3.63) is 57.6 Å². The van der Waals surface area contributed by atoms with Gasteiger partial charge in [-0.25, -0.2) is 0 Å². The first-order valence-electron chi connectivity index (χ1n) is 7.58. The number of aromatic amines is 1. The molecule has 0 aliphatic heterocycles. The van der Waals surface area contributed by atoms with Crippen molar-refractivity contribution in [3.8, 4) is 11.5 Å². The molecule has 1 N–H and O–H groups in total. The Bertz CT molecular complexity index is 1120. The predicted molar refractivity (Wildman–Crippen MR) is 93.5 cm³/mol. The first-order chi connectivity index (χ1) is 12.8. The minimum absolute atomic E-state index is 0.145. The molecule has 0 saturated heterocycles. The van der Waals surface area contributed by atoms with Crippen molar-refractivity contribution < 1.29 is 13.2 Å². The van der Waals surface area contributed by atoms with E-state index in [1.54, 1.807) is 18.2 Å². The van der Waals surface area contributed by atoms with Gasteiger partial charge < -0.3 is 0 Å². The van der Waals surface area contributed by atoms with Gasteiger partial charge in [-0.15, -0.1) is 10.2 Å². The minimum Gasteiger partial charge on any atom is -0.260 e. The lowest BCUT2D eigenvalue weighted by molar-refractivity contribution is -0.137. The maximum atomic E-state index is 13.2. The number of rotatable bonds is 3. The summed E-state index contributed by atoms with van der Waals surface area (Å²) in [6, 6.07) is 8.28. The predicted octanol–water partition coefficient (Wildman–Crippen LogP) is 4.59. The summed E-state index contributed by atoms with van der Waals surface area (Å²) in [5.74, 6) is 0.181. The van der Waals surface area contributed by atoms with Crippen molar-refractivity contribution in [3.63, 3.8) is 0 Å². The SMILES string of the molecule is FC(F)(F)c1ccc2c(-c3nn[nH]n3)nn(Cc3ccc(Cl)cc3Cl)c2c1. The van der Waals surface area contributed by atoms with Crippen LogP contribution >= 0.6 is 23.2 Å². The number of H-pyrrole nitrogens is 1. The molecule has 138 valence electrons. The Morgan fingerprint density at radius 3 is 2.56 bits per heavy atom. The highest BCUT2D eigenvalue weighted by Gasteiger charge is 2.31. The van der Waals surface area contributed by atoms with Gasteiger partial charge in [-0.3, -0.25) is 4.68 Å². The van der Waals surface area contributed by atoms with Crippen LogP contribution in [0, 0.1) is 0 Å². The van der Waals surface area contributed by atoms with Crippen molar-refractivity contribution in [2.75, 3.05) is 0 Å². The molecule has 6 nitrogen and oxygen atoms in total. The Morgan fingerprint density at radius 2 is 1.89 bits per heavy atom. The summed E-state index contributed by atoms with van der Waals surface area (Å²) in [5, 5.41) is 19.2. The van der Waals surface area contributed by atoms with Crippen molar-refractivity contribution in [1.29, 1.82) is 0 Å². The quantitative estimate of drug-likeness (QED) is 0.533. The molecule has 0 bridgehead atoms. The van der Waals surface area contributed by atoms with Gasteiger partial charge in [-0.05, 0) is 41.1 Å². The first-order valence-corrected chi connectivity index (χ1v) is 8.34. The van der Waals surface area contributed by atoms with E-state index in [1.807, 2.05) is 0 Å². The molecular weight excluding hydrogens is 404 g/mol. The number of hydrogen-bond donors (Lipinski definition) is 1. The maximum Gasteiger partial charge on any atom is 0.416 e. The average Bonchev–Trinajstić information content (AvgIpc) is 3.24. The summed E-state index contributed by atoms with van der Waals surface area (Å²) in [6.45, 7) is 0.145. The molecule has 0 fully saturated rings. The lowest BCUT2D eigenvalue weighted by atomic mass is 10.1. The summed E-state index contributed by atoms with van der Waals surface area (Å²) < 4.78 is 40.9. The number of aromatic nitrogens is 6. The van der Waals surface area contributed by atoms with Gasteiger partial charge in [0.25, 0.3) is 0 Å². The van der Waals surface area contributed by atoms with E-state index < -0.39 is 11.7 Å². The number of fused-ring (bicyclic) bond motifs is 1. The summed E-state index contributed by atoms with van der Waals surface area (Å²) >= 11 is 12.1. The highest BCUT2D eigenvalue weighted by molar-refractivity contribution is 6.35. The largest absolute Gasteiger partial charge is 0.416 e. The summed E-state index contributed by atoms with van der Waals surface area (Å²) in [6.07, 6.45) is -4.48. The Balaban J connectivity index is 1.89. The number of nitrogens with one attached hydrogen (secondary N) is 1. The molecule has 0 radical (unpaired) electrons. The van der Waals surface area contributed by atoms with Crippen LogP contribution in [0.4, 0.5) is 13.2 Å². The van der Waals surface area contributed by atoms with Gasteiger partial charge in [-0.2, -0.15) is 23.5 Å². The topological polar surface area (TPSA) is 72.3 Å². The molecule has 11 heteroatoms. The number of halogens is 5. The van der Waals surface area contributed by atoms with Crippen LogP contribution in [0.3, 0.4) is 0 Å². The molecule has 2 aromatic carbocycles. The molecule has 4 rings (SSSR count). The fourth-order valence-electron chi connectivity index (χ4n) is 2.71. The van der Waals surface area contributed by atoms with Crippen LogP contribution in [0.5, 0.6) is 0 Å². The van der Waals surface area contributed by atoms with E-state index >= 15 is 0 Å². The summed E-state index contributed by atoms with van der Waals surface area (Å²) in [7, 11) is 0. The van der Waals surface area contributed by atoms with Crippen LogP contribution in [-0.4, -0.2) is 30.4 Å². The van der Waals surface area contributed by atoms with E-state index in [4.69, 9.17) is 23.2 Å². The van der Waals surface area contributed by atoms with Crippen molar-refractivity contribution in [2.24, 2.45) is 0 Å². The first kappa shape index (κ1) is 17.7. The number of benzene rings is 2. The molecule has 27 heavy (non-hydrogen) atoms. The highest BCUT2D eigenvalue weighted by Crippen LogP contribution is 2.34. The standard InChI is InChI=1S/C16H9Cl2F3N6/c17-10-3-1-8(12(18)6-10)7-27-13-5-9(16(19,20)21)2-4-11(13)14(24-27)15-22-25-26-23-15/h1-6H,7H2,(H,22,23,25,26). The Labute approximate surface area is 159 Å². The van der Waals surface area contributed by atoms with Crippen molar-refractivity contribution in [1.82, 2.24) is 30.4 Å². The monoisotopic (exact) mass is 412 g/mol. The zero-order chi connectivity index (χ0) is 19.2. The molecule has 4 aromatic rings. The zero-order valence-corrected chi connectivity index (χ0v) is 14.8. The van der Waals surface area contributed by atoms with E-state index in [9.17, 15) is 13.2 Å². The van der Waals surface area contributed by atoms with Gasteiger partial charge in [0.1, 0.15) is 5.69 Å². The van der Waals surface area contributed by atoms with E-state index in [2.05, 4.69) is 25.7 Å². The van der Waals surface area contributed by atoms with E-state index in [0.717, 1.165) is 12.1 Å². The minimum atomic E-state index is -4.48. The van der Waals surface area contributed by atoms with Crippen LogP contribution in [0.2, 0.25) is 10.0 Å². The third kappa shape index (κ3) is 3.35. The van der Waals surface area contributed by atoms with Crippen LogP contribution < -0.4 is 0 Å². The van der Waals surface area contributed by atoms with Gasteiger partial charge in [-0.1, -0.05) is 29.3 Å². The van der Waals surface area contributed by atoms with Gasteiger partial charge in [0.05, 0.1) is 17.6 Å². The third-order valence-corrected chi connectivity index (χ3v) is 4.56. The van der Waals surface area contributed by atoms with Gasteiger partial charge >= 0.3 is 6.18 Å². The fraction of sp³-hybridized carbons (Fsp3) is 0.125. The van der Waals surface area contributed by atoms with Gasteiger partial charge in [0.2, 0.25) is 5.82 Å². The molecule has 0 saturated carbocycles. The van der Waals surface area contributed by atoms with Crippen LogP contribution in [-0.2, 0) is 12.7 Å². The molecule has 0 unspecified atom stereocenters. The summed E-state index contributed by atoms with van der Waals surface area (Å²) in [5.41, 5.74) is 0.466. The molecule has 0 atom stereocenters. The van der Waals surface area contributed by atoms with E-state index in [1.165, 1.54) is 10.7 Å². The van der Waals surface area contributed by atoms with Crippen LogP contribution in [0.15, 0.2) is 36.4 Å². The third-order valence-electron chi connectivity index (χ3n) is 3.97. The lowest BCUT2D eigenvalue weighted by Gasteiger charge is -2.09. The average molecular weight is 413 g/mol. The second kappa shape index (κ2) is 6.50. The van der Waals surface area contributed by atoms with Crippen molar-refractivity contribution >= 4 is 34.1 Å². The summed E-state index contributed by atoms with van der Waals surface area (Å²) in [4.78, 5) is 0. The molecule has 0 amide bonds. The zero-order valence-electron chi connectivity index (χ0n) is 13.3. The van der Waals surface area contributed by atoms with E-state index in [0.29, 0.717) is 26.7 Å². The Kier molecular flexibility index (Phi) is 4.27. The Hall–Kier alpha value is -2.65. The molecule has 0 spiro atoms.